The summed E-state index contributed by atoms with van der Waals surface area (Å²) in [6, 6.07) is 0. The van der Waals surface area contributed by atoms with Gasteiger partial charge in [0, 0.05) is 18.4 Å². The van der Waals surface area contributed by atoms with E-state index < -0.39 is 0 Å². The van der Waals surface area contributed by atoms with E-state index in [4.69, 9.17) is 4.74 Å². The van der Waals surface area contributed by atoms with Crippen molar-refractivity contribution >= 4 is 0 Å². The lowest BCUT2D eigenvalue weighted by atomic mass is 10.4. The lowest BCUT2D eigenvalue weighted by Gasteiger charge is -2.02. The number of nitrogens with zero attached hydrogens (tertiary/aromatic N) is 1. The molecule has 1 aromatic rings. The third-order valence-electron chi connectivity index (χ3n) is 1.80. The Bertz CT molecular complexity index is 270. The lowest BCUT2D eigenvalue weighted by molar-refractivity contribution is 0.244. The molecule has 0 aliphatic heterocycles. The average molecular weight is 195 g/mol. The lowest BCUT2D eigenvalue weighted by Crippen LogP contribution is -2.16. The predicted molar refractivity (Wildman–Crippen MR) is 55.8 cm³/mol. The molecule has 0 saturated heterocycles. The molecule has 0 unspecified atom stereocenters. The van der Waals surface area contributed by atoms with Crippen LogP contribution in [0.25, 0.3) is 0 Å². The molecule has 14 heavy (non-hydrogen) atoms. The normalized spacial score (nSPS) is 10.1. The van der Waals surface area contributed by atoms with Gasteiger partial charge in [-0.25, -0.2) is 4.98 Å². The number of hydrogen-bond donors (Lipinski definition) is 2. The van der Waals surface area contributed by atoms with E-state index in [1.54, 1.807) is 0 Å². The number of rotatable bonds is 7. The topological polar surface area (TPSA) is 49.9 Å². The van der Waals surface area contributed by atoms with Crippen molar-refractivity contribution in [1.29, 1.82) is 0 Å². The maximum absolute atomic E-state index is 4.99. The Morgan fingerprint density at radius 2 is 2.57 bits per heavy atom. The van der Waals surface area contributed by atoms with E-state index in [1.165, 1.54) is 6.26 Å². The van der Waals surface area contributed by atoms with E-state index in [-0.39, 0.29) is 0 Å². The largest absolute Gasteiger partial charge is 0.502 e. The Labute approximate surface area is 84.4 Å². The first-order chi connectivity index (χ1) is 6.83. The van der Waals surface area contributed by atoms with E-state index in [0.29, 0.717) is 0 Å². The van der Waals surface area contributed by atoms with Crippen LogP contribution in [0.1, 0.15) is 17.9 Å². The van der Waals surface area contributed by atoms with Crippen molar-refractivity contribution in [2.75, 3.05) is 13.2 Å². The van der Waals surface area contributed by atoms with E-state index >= 15 is 0 Å². The standard InChI is InChI=1S/C10H17N3O/c1-3-14-6-4-5-11-7-10-8-12-9(2)13-10/h3,8,11H,1,4-7H2,2H3,(H,12,13). The number of imidazole rings is 1. The summed E-state index contributed by atoms with van der Waals surface area (Å²) in [7, 11) is 0. The molecule has 0 bridgehead atoms. The molecule has 4 nitrogen and oxygen atoms in total. The zero-order chi connectivity index (χ0) is 10.2. The van der Waals surface area contributed by atoms with Gasteiger partial charge in [0.1, 0.15) is 5.82 Å². The van der Waals surface area contributed by atoms with Crippen molar-refractivity contribution in [1.82, 2.24) is 15.3 Å². The summed E-state index contributed by atoms with van der Waals surface area (Å²) in [4.78, 5) is 7.27. The van der Waals surface area contributed by atoms with E-state index in [9.17, 15) is 0 Å². The van der Waals surface area contributed by atoms with Crippen molar-refractivity contribution in [3.8, 4) is 0 Å². The molecule has 0 fully saturated rings. The van der Waals surface area contributed by atoms with Gasteiger partial charge < -0.3 is 15.0 Å². The first-order valence-electron chi connectivity index (χ1n) is 4.76. The molecule has 2 N–H and O–H groups in total. The predicted octanol–water partition coefficient (Wildman–Crippen LogP) is 1.36. The van der Waals surface area contributed by atoms with Crippen LogP contribution in [-0.4, -0.2) is 23.1 Å². The van der Waals surface area contributed by atoms with Gasteiger partial charge in [0.15, 0.2) is 0 Å². The molecule has 0 spiro atoms. The summed E-state index contributed by atoms with van der Waals surface area (Å²) in [6.45, 7) is 7.90. The van der Waals surface area contributed by atoms with Crippen LogP contribution in [0.2, 0.25) is 0 Å². The van der Waals surface area contributed by atoms with Gasteiger partial charge in [0.25, 0.3) is 0 Å². The first-order valence-corrected chi connectivity index (χ1v) is 4.76. The highest BCUT2D eigenvalue weighted by molar-refractivity contribution is 4.98. The molecule has 0 aromatic carbocycles. The van der Waals surface area contributed by atoms with Gasteiger partial charge in [0.2, 0.25) is 0 Å². The monoisotopic (exact) mass is 195 g/mol. The second-order valence-electron chi connectivity index (χ2n) is 3.06. The minimum absolute atomic E-state index is 0.721. The van der Waals surface area contributed by atoms with Gasteiger partial charge in [-0.1, -0.05) is 6.58 Å². The Hall–Kier alpha value is -1.29. The third kappa shape index (κ3) is 4.09. The molecular formula is C10H17N3O. The zero-order valence-corrected chi connectivity index (χ0v) is 8.55. The second-order valence-corrected chi connectivity index (χ2v) is 3.06. The van der Waals surface area contributed by atoms with E-state index in [1.807, 2.05) is 13.1 Å². The van der Waals surface area contributed by atoms with Crippen molar-refractivity contribution in [3.63, 3.8) is 0 Å². The first kappa shape index (κ1) is 10.8. The Kier molecular flexibility index (Phi) is 4.78. The number of ether oxygens (including phenoxy) is 1. The second kappa shape index (κ2) is 6.21. The van der Waals surface area contributed by atoms with Gasteiger partial charge >= 0.3 is 0 Å². The highest BCUT2D eigenvalue weighted by atomic mass is 16.5. The van der Waals surface area contributed by atoms with Crippen molar-refractivity contribution < 1.29 is 4.74 Å². The average Bonchev–Trinajstić information content (AvgIpc) is 2.58. The fraction of sp³-hybridized carbons (Fsp3) is 0.500. The summed E-state index contributed by atoms with van der Waals surface area (Å²) in [5, 5.41) is 3.29. The number of hydrogen-bond acceptors (Lipinski definition) is 3. The van der Waals surface area contributed by atoms with Crippen LogP contribution in [0.4, 0.5) is 0 Å². The van der Waals surface area contributed by atoms with Gasteiger partial charge in [-0.05, 0) is 19.9 Å². The number of aromatic nitrogens is 2. The number of aryl methyl sites for hydroxylation is 1. The Morgan fingerprint density at radius 1 is 1.71 bits per heavy atom. The molecule has 0 amide bonds. The number of aromatic amines is 1. The summed E-state index contributed by atoms with van der Waals surface area (Å²) in [5.41, 5.74) is 1.12. The molecule has 0 radical (unpaired) electrons. The van der Waals surface area contributed by atoms with Crippen LogP contribution < -0.4 is 5.32 Å². The van der Waals surface area contributed by atoms with Crippen molar-refractivity contribution in [2.24, 2.45) is 0 Å². The highest BCUT2D eigenvalue weighted by Gasteiger charge is 1.95. The highest BCUT2D eigenvalue weighted by Crippen LogP contribution is 1.94. The van der Waals surface area contributed by atoms with Gasteiger partial charge in [-0.2, -0.15) is 0 Å². The summed E-state index contributed by atoms with van der Waals surface area (Å²) in [5.74, 6) is 0.955. The molecule has 1 aromatic heterocycles. The van der Waals surface area contributed by atoms with Crippen molar-refractivity contribution in [2.45, 2.75) is 19.9 Å². The minimum atomic E-state index is 0.721. The van der Waals surface area contributed by atoms with Crippen LogP contribution in [0, 0.1) is 6.92 Å². The Morgan fingerprint density at radius 3 is 3.21 bits per heavy atom. The quantitative estimate of drug-likeness (QED) is 0.510. The Balaban J connectivity index is 2.01. The maximum Gasteiger partial charge on any atom is 0.103 e. The van der Waals surface area contributed by atoms with Crippen LogP contribution in [0.3, 0.4) is 0 Å². The van der Waals surface area contributed by atoms with E-state index in [0.717, 1.165) is 37.6 Å². The molecule has 0 atom stereocenters. The van der Waals surface area contributed by atoms with Crippen LogP contribution >= 0.6 is 0 Å². The molecule has 0 aliphatic carbocycles. The van der Waals surface area contributed by atoms with Gasteiger partial charge in [0.05, 0.1) is 12.9 Å². The molecule has 1 heterocycles. The summed E-state index contributed by atoms with van der Waals surface area (Å²) < 4.78 is 4.99. The number of H-pyrrole nitrogens is 1. The van der Waals surface area contributed by atoms with Crippen LogP contribution in [0.5, 0.6) is 0 Å². The van der Waals surface area contributed by atoms with Gasteiger partial charge in [-0.3, -0.25) is 0 Å². The molecule has 78 valence electrons. The van der Waals surface area contributed by atoms with Crippen LogP contribution in [-0.2, 0) is 11.3 Å². The van der Waals surface area contributed by atoms with E-state index in [2.05, 4.69) is 21.9 Å². The molecular weight excluding hydrogens is 178 g/mol. The SMILES string of the molecule is C=COCCCNCc1cnc(C)[nH]1. The zero-order valence-electron chi connectivity index (χ0n) is 8.55. The number of nitrogens with one attached hydrogen (secondary N) is 2. The summed E-state index contributed by atoms with van der Waals surface area (Å²) >= 11 is 0. The molecule has 1 rings (SSSR count). The summed E-state index contributed by atoms with van der Waals surface area (Å²) in [6.07, 6.45) is 4.31. The smallest absolute Gasteiger partial charge is 0.103 e. The van der Waals surface area contributed by atoms with Crippen molar-refractivity contribution in [3.05, 3.63) is 30.6 Å². The third-order valence-corrected chi connectivity index (χ3v) is 1.80. The molecule has 0 aliphatic rings. The fourth-order valence-corrected chi connectivity index (χ4v) is 1.15. The molecule has 0 saturated carbocycles. The maximum atomic E-state index is 4.99. The van der Waals surface area contributed by atoms with Crippen LogP contribution in [0.15, 0.2) is 19.0 Å². The minimum Gasteiger partial charge on any atom is -0.502 e. The fourth-order valence-electron chi connectivity index (χ4n) is 1.15. The molecule has 4 heteroatoms. The van der Waals surface area contributed by atoms with Gasteiger partial charge in [-0.15, -0.1) is 0 Å².